The lowest BCUT2D eigenvalue weighted by Gasteiger charge is -2.23. The van der Waals surface area contributed by atoms with Crippen LogP contribution in [-0.2, 0) is 10.0 Å². The maximum atomic E-state index is 13.1. The van der Waals surface area contributed by atoms with Crippen molar-refractivity contribution < 1.29 is 13.2 Å². The fourth-order valence-electron chi connectivity index (χ4n) is 3.10. The lowest BCUT2D eigenvalue weighted by Crippen LogP contribution is -2.31. The number of hydrogen-bond donors (Lipinski definition) is 0. The van der Waals surface area contributed by atoms with Crippen molar-refractivity contribution in [2.75, 3.05) is 29.1 Å². The smallest absolute Gasteiger partial charge is 0.264 e. The molecule has 0 saturated carbocycles. The van der Waals surface area contributed by atoms with E-state index in [-0.39, 0.29) is 17.3 Å². The number of rotatable bonds is 7. The van der Waals surface area contributed by atoms with E-state index in [1.807, 2.05) is 36.6 Å². The second-order valence-electron chi connectivity index (χ2n) is 6.59. The first-order valence-electron chi connectivity index (χ1n) is 9.48. The molecule has 0 aliphatic rings. The van der Waals surface area contributed by atoms with Crippen LogP contribution >= 0.6 is 11.8 Å². The molecular formula is C23H24N2O3S2. The molecule has 3 aromatic carbocycles. The summed E-state index contributed by atoms with van der Waals surface area (Å²) >= 11 is 1.56. The molecule has 0 fully saturated rings. The van der Waals surface area contributed by atoms with Crippen LogP contribution in [0.3, 0.4) is 0 Å². The maximum absolute atomic E-state index is 13.1. The fraction of sp³-hybridized carbons (Fsp3) is 0.174. The second kappa shape index (κ2) is 9.36. The van der Waals surface area contributed by atoms with Crippen molar-refractivity contribution in [2.45, 2.75) is 16.7 Å². The molecular weight excluding hydrogens is 416 g/mol. The van der Waals surface area contributed by atoms with E-state index < -0.39 is 10.0 Å². The molecule has 0 aliphatic heterocycles. The fourth-order valence-corrected chi connectivity index (χ4v) is 4.98. The first-order valence-corrected chi connectivity index (χ1v) is 12.1. The SMILES string of the molecule is CCN(c1ccc(C(=O)N(C)c2ccccc2)cc1)S(=O)(=O)c1ccc(SC)cc1. The van der Waals surface area contributed by atoms with Gasteiger partial charge in [0.05, 0.1) is 10.6 Å². The van der Waals surface area contributed by atoms with Crippen LogP contribution in [-0.4, -0.2) is 34.2 Å². The largest absolute Gasteiger partial charge is 0.311 e. The Balaban J connectivity index is 1.85. The molecule has 30 heavy (non-hydrogen) atoms. The molecule has 3 rings (SSSR count). The van der Waals surface area contributed by atoms with Gasteiger partial charge in [0.2, 0.25) is 0 Å². The third kappa shape index (κ3) is 4.52. The third-order valence-corrected chi connectivity index (χ3v) is 7.45. The zero-order valence-electron chi connectivity index (χ0n) is 17.1. The van der Waals surface area contributed by atoms with E-state index in [1.165, 1.54) is 4.31 Å². The first kappa shape index (κ1) is 21.9. The Morgan fingerprint density at radius 3 is 2.00 bits per heavy atom. The molecule has 0 radical (unpaired) electrons. The van der Waals surface area contributed by atoms with Gasteiger partial charge in [-0.05, 0) is 73.8 Å². The molecule has 0 spiro atoms. The van der Waals surface area contributed by atoms with Gasteiger partial charge >= 0.3 is 0 Å². The zero-order valence-corrected chi connectivity index (χ0v) is 18.8. The molecule has 0 bridgehead atoms. The minimum atomic E-state index is -3.69. The molecule has 0 N–H and O–H groups in total. The highest BCUT2D eigenvalue weighted by atomic mass is 32.2. The predicted molar refractivity (Wildman–Crippen MR) is 124 cm³/mol. The summed E-state index contributed by atoms with van der Waals surface area (Å²) in [6.45, 7) is 2.07. The van der Waals surface area contributed by atoms with Gasteiger partial charge in [-0.2, -0.15) is 0 Å². The average Bonchev–Trinajstić information content (AvgIpc) is 2.79. The van der Waals surface area contributed by atoms with E-state index in [0.717, 1.165) is 10.6 Å². The number of carbonyl (C=O) groups is 1. The van der Waals surface area contributed by atoms with Crippen molar-refractivity contribution in [3.05, 3.63) is 84.4 Å². The average molecular weight is 441 g/mol. The summed E-state index contributed by atoms with van der Waals surface area (Å²) in [6.07, 6.45) is 1.94. The predicted octanol–water partition coefficient (Wildman–Crippen LogP) is 4.90. The topological polar surface area (TPSA) is 57.7 Å². The summed E-state index contributed by atoms with van der Waals surface area (Å²) in [5.74, 6) is -0.161. The van der Waals surface area contributed by atoms with Gasteiger partial charge in [-0.25, -0.2) is 8.42 Å². The molecule has 0 aromatic heterocycles. The van der Waals surface area contributed by atoms with Crippen LogP contribution in [0, 0.1) is 0 Å². The lowest BCUT2D eigenvalue weighted by atomic mass is 10.1. The molecule has 3 aromatic rings. The van der Waals surface area contributed by atoms with Crippen molar-refractivity contribution in [2.24, 2.45) is 0 Å². The number of benzene rings is 3. The molecule has 5 nitrogen and oxygen atoms in total. The molecule has 7 heteroatoms. The van der Waals surface area contributed by atoms with E-state index in [2.05, 4.69) is 0 Å². The van der Waals surface area contributed by atoms with Crippen molar-refractivity contribution in [3.63, 3.8) is 0 Å². The molecule has 0 unspecified atom stereocenters. The van der Waals surface area contributed by atoms with E-state index in [9.17, 15) is 13.2 Å². The lowest BCUT2D eigenvalue weighted by molar-refractivity contribution is 0.0993. The molecule has 0 atom stereocenters. The maximum Gasteiger partial charge on any atom is 0.264 e. The Hall–Kier alpha value is -2.77. The summed E-state index contributed by atoms with van der Waals surface area (Å²) in [4.78, 5) is 15.6. The zero-order chi connectivity index (χ0) is 21.7. The highest BCUT2D eigenvalue weighted by molar-refractivity contribution is 7.98. The summed E-state index contributed by atoms with van der Waals surface area (Å²) in [5, 5.41) is 0. The van der Waals surface area contributed by atoms with Crippen LogP contribution in [0.25, 0.3) is 0 Å². The van der Waals surface area contributed by atoms with E-state index in [1.54, 1.807) is 79.2 Å². The van der Waals surface area contributed by atoms with E-state index in [4.69, 9.17) is 0 Å². The number of carbonyl (C=O) groups excluding carboxylic acids is 1. The highest BCUT2D eigenvalue weighted by Crippen LogP contribution is 2.26. The number of amides is 1. The van der Waals surface area contributed by atoms with Crippen LogP contribution in [0.2, 0.25) is 0 Å². The van der Waals surface area contributed by atoms with Crippen LogP contribution in [0.15, 0.2) is 88.7 Å². The number of thioether (sulfide) groups is 1. The first-order chi connectivity index (χ1) is 14.4. The second-order valence-corrected chi connectivity index (χ2v) is 9.33. The molecule has 0 saturated heterocycles. The highest BCUT2D eigenvalue weighted by Gasteiger charge is 2.24. The van der Waals surface area contributed by atoms with Gasteiger partial charge in [-0.1, -0.05) is 18.2 Å². The van der Waals surface area contributed by atoms with Crippen molar-refractivity contribution in [1.82, 2.24) is 0 Å². The number of para-hydroxylation sites is 1. The Kier molecular flexibility index (Phi) is 6.84. The third-order valence-electron chi connectivity index (χ3n) is 4.79. The Morgan fingerprint density at radius 1 is 0.867 bits per heavy atom. The van der Waals surface area contributed by atoms with Crippen LogP contribution in [0.1, 0.15) is 17.3 Å². The van der Waals surface area contributed by atoms with Crippen molar-refractivity contribution in [3.8, 4) is 0 Å². The number of anilines is 2. The van der Waals surface area contributed by atoms with Crippen molar-refractivity contribution >= 4 is 39.1 Å². The Labute approximate surface area is 182 Å². The molecule has 0 aliphatic carbocycles. The van der Waals surface area contributed by atoms with Crippen molar-refractivity contribution in [1.29, 1.82) is 0 Å². The Bertz CT molecular complexity index is 1100. The monoisotopic (exact) mass is 440 g/mol. The van der Waals surface area contributed by atoms with Gasteiger partial charge in [0.25, 0.3) is 15.9 Å². The van der Waals surface area contributed by atoms with Gasteiger partial charge in [0.15, 0.2) is 0 Å². The number of hydrogen-bond acceptors (Lipinski definition) is 4. The summed E-state index contributed by atoms with van der Waals surface area (Å²) in [7, 11) is -1.98. The van der Waals surface area contributed by atoms with Gasteiger partial charge in [-0.3, -0.25) is 9.10 Å². The van der Waals surface area contributed by atoms with E-state index in [0.29, 0.717) is 11.3 Å². The molecule has 0 heterocycles. The summed E-state index contributed by atoms with van der Waals surface area (Å²) in [6, 6.07) is 22.9. The quantitative estimate of drug-likeness (QED) is 0.490. The summed E-state index contributed by atoms with van der Waals surface area (Å²) < 4.78 is 27.6. The normalized spacial score (nSPS) is 11.2. The minimum absolute atomic E-state index is 0.161. The Morgan fingerprint density at radius 2 is 1.47 bits per heavy atom. The number of sulfonamides is 1. The van der Waals surface area contributed by atoms with Gasteiger partial charge in [0.1, 0.15) is 0 Å². The number of nitrogens with zero attached hydrogens (tertiary/aromatic N) is 2. The van der Waals surface area contributed by atoms with Gasteiger partial charge < -0.3 is 4.90 Å². The van der Waals surface area contributed by atoms with Crippen LogP contribution < -0.4 is 9.21 Å². The van der Waals surface area contributed by atoms with Crippen LogP contribution in [0.5, 0.6) is 0 Å². The molecule has 1 amide bonds. The van der Waals surface area contributed by atoms with E-state index >= 15 is 0 Å². The van der Waals surface area contributed by atoms with Gasteiger partial charge in [0, 0.05) is 29.7 Å². The van der Waals surface area contributed by atoms with Crippen LogP contribution in [0.4, 0.5) is 11.4 Å². The summed E-state index contributed by atoms with van der Waals surface area (Å²) in [5.41, 5.74) is 1.80. The standard InChI is InChI=1S/C23H24N2O3S2/c1-4-25(30(27,28)22-16-14-21(29-3)15-17-22)20-12-10-18(11-13-20)23(26)24(2)19-8-6-5-7-9-19/h5-17H,4H2,1-3H3. The van der Waals surface area contributed by atoms with Gasteiger partial charge in [-0.15, -0.1) is 11.8 Å². The molecule has 156 valence electrons. The minimum Gasteiger partial charge on any atom is -0.311 e.